The second-order valence-corrected chi connectivity index (χ2v) is 4.72. The number of rotatable bonds is 5. The fourth-order valence-corrected chi connectivity index (χ4v) is 2.41. The molecule has 98 valence electrons. The first kappa shape index (κ1) is 14.0. The van der Waals surface area contributed by atoms with Crippen LogP contribution in [-0.4, -0.2) is 36.2 Å². The smallest absolute Gasteiger partial charge is 0.329 e. The number of carbonyl (C=O) groups is 2. The first-order valence-electron chi connectivity index (χ1n) is 6.07. The normalized spacial score (nSPS) is 28.7. The SMILES string of the molecule is CCC1CCC(NC(=O)COC)(C(=O)O)CC1. The predicted octanol–water partition coefficient (Wildman–Crippen LogP) is 1.17. The van der Waals surface area contributed by atoms with Crippen LogP contribution in [-0.2, 0) is 14.3 Å². The number of methoxy groups -OCH3 is 1. The molecule has 0 aromatic rings. The first-order valence-corrected chi connectivity index (χ1v) is 6.07. The number of carboxylic acid groups (broad SMARTS) is 1. The molecule has 1 aliphatic carbocycles. The number of hydrogen-bond donors (Lipinski definition) is 2. The van der Waals surface area contributed by atoms with E-state index in [0.717, 1.165) is 19.3 Å². The van der Waals surface area contributed by atoms with Gasteiger partial charge < -0.3 is 15.2 Å². The number of nitrogens with one attached hydrogen (secondary N) is 1. The van der Waals surface area contributed by atoms with E-state index in [1.807, 2.05) is 0 Å². The molecule has 5 nitrogen and oxygen atoms in total. The third kappa shape index (κ3) is 3.43. The summed E-state index contributed by atoms with van der Waals surface area (Å²) in [6.07, 6.45) is 3.81. The molecule has 0 bridgehead atoms. The Balaban J connectivity index is 2.65. The van der Waals surface area contributed by atoms with Gasteiger partial charge in [-0.2, -0.15) is 0 Å². The van der Waals surface area contributed by atoms with E-state index in [1.54, 1.807) is 0 Å². The summed E-state index contributed by atoms with van der Waals surface area (Å²) >= 11 is 0. The molecule has 1 rings (SSSR count). The zero-order valence-corrected chi connectivity index (χ0v) is 10.5. The van der Waals surface area contributed by atoms with Crippen molar-refractivity contribution in [3.05, 3.63) is 0 Å². The van der Waals surface area contributed by atoms with Crippen molar-refractivity contribution in [2.75, 3.05) is 13.7 Å². The Hall–Kier alpha value is -1.10. The van der Waals surface area contributed by atoms with Crippen LogP contribution >= 0.6 is 0 Å². The molecule has 1 aliphatic rings. The monoisotopic (exact) mass is 243 g/mol. The number of hydrogen-bond acceptors (Lipinski definition) is 3. The van der Waals surface area contributed by atoms with Gasteiger partial charge in [-0.15, -0.1) is 0 Å². The Morgan fingerprint density at radius 2 is 2.00 bits per heavy atom. The predicted molar refractivity (Wildman–Crippen MR) is 62.6 cm³/mol. The van der Waals surface area contributed by atoms with Crippen molar-refractivity contribution >= 4 is 11.9 Å². The molecule has 0 aromatic carbocycles. The second-order valence-electron chi connectivity index (χ2n) is 4.72. The van der Waals surface area contributed by atoms with Gasteiger partial charge in [0.15, 0.2) is 0 Å². The van der Waals surface area contributed by atoms with E-state index in [0.29, 0.717) is 18.8 Å². The molecule has 0 aromatic heterocycles. The molecule has 2 N–H and O–H groups in total. The van der Waals surface area contributed by atoms with Crippen molar-refractivity contribution in [3.8, 4) is 0 Å². The van der Waals surface area contributed by atoms with E-state index < -0.39 is 11.5 Å². The summed E-state index contributed by atoms with van der Waals surface area (Å²) < 4.78 is 4.71. The van der Waals surface area contributed by atoms with Gasteiger partial charge in [0, 0.05) is 7.11 Å². The van der Waals surface area contributed by atoms with E-state index in [4.69, 9.17) is 4.74 Å². The molecule has 1 saturated carbocycles. The van der Waals surface area contributed by atoms with E-state index in [-0.39, 0.29) is 12.5 Å². The minimum atomic E-state index is -1.08. The van der Waals surface area contributed by atoms with Crippen molar-refractivity contribution in [1.29, 1.82) is 0 Å². The molecular formula is C12H21NO4. The third-order valence-corrected chi connectivity index (χ3v) is 3.60. The van der Waals surface area contributed by atoms with Crippen LogP contribution in [0.3, 0.4) is 0 Å². The lowest BCUT2D eigenvalue weighted by atomic mass is 9.75. The van der Waals surface area contributed by atoms with Crippen LogP contribution < -0.4 is 5.32 Å². The molecule has 0 saturated heterocycles. The lowest BCUT2D eigenvalue weighted by molar-refractivity contribution is -0.150. The maximum Gasteiger partial charge on any atom is 0.329 e. The average molecular weight is 243 g/mol. The summed E-state index contributed by atoms with van der Waals surface area (Å²) in [5.41, 5.74) is -1.08. The number of amides is 1. The van der Waals surface area contributed by atoms with E-state index in [1.165, 1.54) is 7.11 Å². The highest BCUT2D eigenvalue weighted by molar-refractivity contribution is 5.87. The van der Waals surface area contributed by atoms with Crippen molar-refractivity contribution in [2.45, 2.75) is 44.6 Å². The number of ether oxygens (including phenoxy) is 1. The first-order chi connectivity index (χ1) is 8.04. The lowest BCUT2D eigenvalue weighted by Gasteiger charge is -2.37. The Morgan fingerprint density at radius 1 is 1.41 bits per heavy atom. The van der Waals surface area contributed by atoms with Gasteiger partial charge in [0.2, 0.25) is 5.91 Å². The lowest BCUT2D eigenvalue weighted by Crippen LogP contribution is -2.57. The standard InChI is InChI=1S/C12H21NO4/c1-3-9-4-6-12(7-5-9,11(15)16)13-10(14)8-17-2/h9H,3-8H2,1-2H3,(H,13,14)(H,15,16). The van der Waals surface area contributed by atoms with Crippen molar-refractivity contribution < 1.29 is 19.4 Å². The van der Waals surface area contributed by atoms with Gasteiger partial charge in [0.1, 0.15) is 12.1 Å². The van der Waals surface area contributed by atoms with E-state index in [2.05, 4.69) is 12.2 Å². The zero-order chi connectivity index (χ0) is 12.9. The fourth-order valence-electron chi connectivity index (χ4n) is 2.41. The van der Waals surface area contributed by atoms with Gasteiger partial charge in [-0.25, -0.2) is 4.79 Å². The third-order valence-electron chi connectivity index (χ3n) is 3.60. The Kier molecular flexibility index (Phi) is 4.93. The molecule has 0 unspecified atom stereocenters. The number of carboxylic acids is 1. The number of aliphatic carboxylic acids is 1. The molecule has 5 heteroatoms. The van der Waals surface area contributed by atoms with Gasteiger partial charge in [-0.3, -0.25) is 4.79 Å². The second kappa shape index (κ2) is 6.00. The van der Waals surface area contributed by atoms with Crippen LogP contribution in [0.4, 0.5) is 0 Å². The van der Waals surface area contributed by atoms with E-state index >= 15 is 0 Å². The molecule has 0 aliphatic heterocycles. The summed E-state index contributed by atoms with van der Waals surface area (Å²) in [6.45, 7) is 2.02. The molecule has 1 fully saturated rings. The Labute approximate surface area is 102 Å². The summed E-state index contributed by atoms with van der Waals surface area (Å²) in [4.78, 5) is 22.8. The van der Waals surface area contributed by atoms with Gasteiger partial charge in [0.25, 0.3) is 0 Å². The molecular weight excluding hydrogens is 222 g/mol. The number of carbonyl (C=O) groups excluding carboxylic acids is 1. The summed E-state index contributed by atoms with van der Waals surface area (Å²) in [7, 11) is 1.42. The quantitative estimate of drug-likeness (QED) is 0.760. The largest absolute Gasteiger partial charge is 0.480 e. The van der Waals surface area contributed by atoms with Crippen LogP contribution in [0.5, 0.6) is 0 Å². The van der Waals surface area contributed by atoms with Crippen LogP contribution in [0.2, 0.25) is 0 Å². The molecule has 0 spiro atoms. The van der Waals surface area contributed by atoms with Gasteiger partial charge in [-0.1, -0.05) is 13.3 Å². The van der Waals surface area contributed by atoms with Gasteiger partial charge in [-0.05, 0) is 31.6 Å². The Morgan fingerprint density at radius 3 is 2.41 bits per heavy atom. The fraction of sp³-hybridized carbons (Fsp3) is 0.833. The summed E-state index contributed by atoms with van der Waals surface area (Å²) in [5, 5.41) is 11.9. The van der Waals surface area contributed by atoms with Crippen molar-refractivity contribution in [3.63, 3.8) is 0 Å². The van der Waals surface area contributed by atoms with Crippen LogP contribution in [0.15, 0.2) is 0 Å². The van der Waals surface area contributed by atoms with Gasteiger partial charge >= 0.3 is 5.97 Å². The van der Waals surface area contributed by atoms with Crippen molar-refractivity contribution in [2.24, 2.45) is 5.92 Å². The topological polar surface area (TPSA) is 75.6 Å². The summed E-state index contributed by atoms with van der Waals surface area (Å²) in [5.74, 6) is -0.705. The highest BCUT2D eigenvalue weighted by Crippen LogP contribution is 2.33. The van der Waals surface area contributed by atoms with Crippen LogP contribution in [0.1, 0.15) is 39.0 Å². The minimum absolute atomic E-state index is 0.0910. The van der Waals surface area contributed by atoms with Crippen molar-refractivity contribution in [1.82, 2.24) is 5.32 Å². The molecule has 0 atom stereocenters. The molecule has 0 radical (unpaired) electrons. The van der Waals surface area contributed by atoms with E-state index in [9.17, 15) is 14.7 Å². The zero-order valence-electron chi connectivity index (χ0n) is 10.5. The highest BCUT2D eigenvalue weighted by Gasteiger charge is 2.42. The molecule has 0 heterocycles. The molecule has 17 heavy (non-hydrogen) atoms. The van der Waals surface area contributed by atoms with Gasteiger partial charge in [0.05, 0.1) is 0 Å². The maximum absolute atomic E-state index is 11.5. The molecule has 1 amide bonds. The van der Waals surface area contributed by atoms with Crippen LogP contribution in [0, 0.1) is 5.92 Å². The minimum Gasteiger partial charge on any atom is -0.480 e. The average Bonchev–Trinajstić information content (AvgIpc) is 2.30. The Bertz CT molecular complexity index is 282. The van der Waals surface area contributed by atoms with Crippen LogP contribution in [0.25, 0.3) is 0 Å². The highest BCUT2D eigenvalue weighted by atomic mass is 16.5. The maximum atomic E-state index is 11.5. The summed E-state index contributed by atoms with van der Waals surface area (Å²) in [6, 6.07) is 0.